The Morgan fingerprint density at radius 2 is 1.17 bits per heavy atom. The molecule has 2 heteroatoms. The van der Waals surface area contributed by atoms with E-state index in [0.29, 0.717) is 6.61 Å². The first kappa shape index (κ1) is 20.2. The van der Waals surface area contributed by atoms with Crippen LogP contribution in [-0.4, -0.2) is 22.9 Å². The molecule has 0 aromatic rings. The molecular formula is C16H36O2. The number of hydrogen-bond donors (Lipinski definition) is 2. The van der Waals surface area contributed by atoms with Crippen LogP contribution in [0.5, 0.6) is 0 Å². The lowest BCUT2D eigenvalue weighted by atomic mass is 10.1. The van der Waals surface area contributed by atoms with E-state index < -0.39 is 0 Å². The predicted octanol–water partition coefficient (Wildman–Crippen LogP) is 4.68. The van der Waals surface area contributed by atoms with Crippen LogP contribution in [0.1, 0.15) is 91.4 Å². The Kier molecular flexibility index (Phi) is 21.7. The highest BCUT2D eigenvalue weighted by Gasteiger charge is 1.93. The predicted molar refractivity (Wildman–Crippen MR) is 80.9 cm³/mol. The average molecular weight is 260 g/mol. The first-order chi connectivity index (χ1) is 8.68. The second kappa shape index (κ2) is 19.3. The molecule has 0 bridgehead atoms. The van der Waals surface area contributed by atoms with Crippen molar-refractivity contribution in [2.75, 3.05) is 6.61 Å². The smallest absolute Gasteiger partial charge is 0.0512 e. The van der Waals surface area contributed by atoms with Gasteiger partial charge in [0.2, 0.25) is 0 Å². The maximum atomic E-state index is 8.85. The van der Waals surface area contributed by atoms with Gasteiger partial charge in [0.15, 0.2) is 0 Å². The minimum atomic E-state index is -0.0955. The highest BCUT2D eigenvalue weighted by atomic mass is 16.3. The molecule has 0 aliphatic heterocycles. The van der Waals surface area contributed by atoms with Gasteiger partial charge in [0.05, 0.1) is 6.10 Å². The number of aliphatic hydroxyl groups is 2. The lowest BCUT2D eigenvalue weighted by molar-refractivity contribution is 0.180. The molecule has 0 fully saturated rings. The first-order valence-corrected chi connectivity index (χ1v) is 7.97. The third-order valence-electron chi connectivity index (χ3n) is 2.99. The lowest BCUT2D eigenvalue weighted by Gasteiger charge is -2.01. The fourth-order valence-corrected chi connectivity index (χ4v) is 1.76. The summed E-state index contributed by atoms with van der Waals surface area (Å²) in [5.74, 6) is 0. The van der Waals surface area contributed by atoms with Crippen molar-refractivity contribution in [3.8, 4) is 0 Å². The zero-order valence-corrected chi connectivity index (χ0v) is 13.0. The van der Waals surface area contributed by atoms with Crippen molar-refractivity contribution in [2.24, 2.45) is 0 Å². The monoisotopic (exact) mass is 260 g/mol. The summed E-state index contributed by atoms with van der Waals surface area (Å²) in [7, 11) is 0. The summed E-state index contributed by atoms with van der Waals surface area (Å²) < 4.78 is 0. The molecule has 0 aromatic heterocycles. The van der Waals surface area contributed by atoms with Gasteiger partial charge in [-0.15, -0.1) is 0 Å². The van der Waals surface area contributed by atoms with E-state index in [-0.39, 0.29) is 6.10 Å². The summed E-state index contributed by atoms with van der Waals surface area (Å²) in [5, 5.41) is 17.3. The molecule has 0 saturated heterocycles. The van der Waals surface area contributed by atoms with Gasteiger partial charge < -0.3 is 10.2 Å². The molecule has 0 heterocycles. The fourth-order valence-electron chi connectivity index (χ4n) is 1.76. The van der Waals surface area contributed by atoms with Crippen LogP contribution >= 0.6 is 0 Å². The zero-order chi connectivity index (χ0) is 14.1. The molecule has 1 unspecified atom stereocenters. The summed E-state index contributed by atoms with van der Waals surface area (Å²) >= 11 is 0. The molecule has 0 aliphatic carbocycles. The first-order valence-electron chi connectivity index (χ1n) is 7.97. The standard InChI is InChI=1S/2C8H18O/c1-3-4-5-6-7-8(2)9;1-2-3-4-5-6-7-8-9/h8-9H,3-7H2,1-2H3;9H,2-8H2,1H3. The molecule has 0 saturated carbocycles. The molecule has 0 amide bonds. The zero-order valence-electron chi connectivity index (χ0n) is 13.0. The summed E-state index contributed by atoms with van der Waals surface area (Å²) in [6.45, 7) is 6.63. The van der Waals surface area contributed by atoms with E-state index in [1.807, 2.05) is 6.92 Å². The normalized spacial score (nSPS) is 11.8. The van der Waals surface area contributed by atoms with Crippen LogP contribution in [0.2, 0.25) is 0 Å². The van der Waals surface area contributed by atoms with Gasteiger partial charge in [-0.1, -0.05) is 71.6 Å². The molecule has 18 heavy (non-hydrogen) atoms. The maximum Gasteiger partial charge on any atom is 0.0512 e. The van der Waals surface area contributed by atoms with Crippen LogP contribution in [0.15, 0.2) is 0 Å². The van der Waals surface area contributed by atoms with E-state index >= 15 is 0 Å². The number of unbranched alkanes of at least 4 members (excludes halogenated alkanes) is 8. The second-order valence-corrected chi connectivity index (χ2v) is 5.19. The fraction of sp³-hybridized carbons (Fsp3) is 1.00. The summed E-state index contributed by atoms with van der Waals surface area (Å²) in [6.07, 6.45) is 13.4. The number of aliphatic hydroxyl groups excluding tert-OH is 2. The molecule has 2 nitrogen and oxygen atoms in total. The summed E-state index contributed by atoms with van der Waals surface area (Å²) in [5.41, 5.74) is 0. The van der Waals surface area contributed by atoms with Gasteiger partial charge in [-0.25, -0.2) is 0 Å². The molecule has 2 N–H and O–H groups in total. The van der Waals surface area contributed by atoms with Crippen molar-refractivity contribution in [2.45, 2.75) is 97.5 Å². The van der Waals surface area contributed by atoms with Crippen LogP contribution in [0.4, 0.5) is 0 Å². The third kappa shape index (κ3) is 24.9. The number of hydrogen-bond acceptors (Lipinski definition) is 2. The summed E-state index contributed by atoms with van der Waals surface area (Å²) in [6, 6.07) is 0. The van der Waals surface area contributed by atoms with Crippen LogP contribution in [-0.2, 0) is 0 Å². The van der Waals surface area contributed by atoms with E-state index in [1.54, 1.807) is 0 Å². The van der Waals surface area contributed by atoms with E-state index in [2.05, 4.69) is 13.8 Å². The van der Waals surface area contributed by atoms with Gasteiger partial charge in [0.25, 0.3) is 0 Å². The maximum absolute atomic E-state index is 8.85. The SMILES string of the molecule is CCCCCCC(C)O.CCCCCCCCO. The van der Waals surface area contributed by atoms with Gasteiger partial charge in [0, 0.05) is 6.61 Å². The Hall–Kier alpha value is -0.0800. The van der Waals surface area contributed by atoms with Crippen molar-refractivity contribution in [1.82, 2.24) is 0 Å². The van der Waals surface area contributed by atoms with Gasteiger partial charge in [-0.3, -0.25) is 0 Å². The van der Waals surface area contributed by atoms with Crippen molar-refractivity contribution < 1.29 is 10.2 Å². The highest BCUT2D eigenvalue weighted by molar-refractivity contribution is 4.47. The van der Waals surface area contributed by atoms with Crippen molar-refractivity contribution in [1.29, 1.82) is 0 Å². The van der Waals surface area contributed by atoms with Crippen molar-refractivity contribution in [3.63, 3.8) is 0 Å². The Morgan fingerprint density at radius 1 is 0.722 bits per heavy atom. The molecule has 0 aliphatic rings. The largest absolute Gasteiger partial charge is 0.396 e. The Labute approximate surface area is 115 Å². The highest BCUT2D eigenvalue weighted by Crippen LogP contribution is 2.04. The van der Waals surface area contributed by atoms with Gasteiger partial charge in [-0.2, -0.15) is 0 Å². The van der Waals surface area contributed by atoms with Crippen LogP contribution in [0.3, 0.4) is 0 Å². The topological polar surface area (TPSA) is 40.5 Å². The molecule has 0 aromatic carbocycles. The van der Waals surface area contributed by atoms with E-state index in [1.165, 1.54) is 57.8 Å². The average Bonchev–Trinajstić information content (AvgIpc) is 2.35. The van der Waals surface area contributed by atoms with Crippen molar-refractivity contribution in [3.05, 3.63) is 0 Å². The molecule has 0 rings (SSSR count). The van der Waals surface area contributed by atoms with Gasteiger partial charge >= 0.3 is 0 Å². The third-order valence-corrected chi connectivity index (χ3v) is 2.99. The van der Waals surface area contributed by atoms with E-state index in [9.17, 15) is 0 Å². The molecule has 1 atom stereocenters. The second-order valence-electron chi connectivity index (χ2n) is 5.19. The van der Waals surface area contributed by atoms with Crippen LogP contribution in [0, 0.1) is 0 Å². The summed E-state index contributed by atoms with van der Waals surface area (Å²) in [4.78, 5) is 0. The molecular weight excluding hydrogens is 224 g/mol. The Bertz CT molecular complexity index is 118. The minimum Gasteiger partial charge on any atom is -0.396 e. The Morgan fingerprint density at radius 3 is 1.61 bits per heavy atom. The Balaban J connectivity index is 0. The molecule has 0 spiro atoms. The van der Waals surface area contributed by atoms with Gasteiger partial charge in [-0.05, 0) is 19.8 Å². The minimum absolute atomic E-state index is 0.0955. The van der Waals surface area contributed by atoms with Gasteiger partial charge in [0.1, 0.15) is 0 Å². The van der Waals surface area contributed by atoms with E-state index in [4.69, 9.17) is 10.2 Å². The van der Waals surface area contributed by atoms with Crippen LogP contribution < -0.4 is 0 Å². The van der Waals surface area contributed by atoms with Crippen LogP contribution in [0.25, 0.3) is 0 Å². The quantitative estimate of drug-likeness (QED) is 0.530. The van der Waals surface area contributed by atoms with E-state index in [0.717, 1.165) is 12.8 Å². The lowest BCUT2D eigenvalue weighted by Crippen LogP contribution is -1.97. The molecule has 0 radical (unpaired) electrons. The molecule has 112 valence electrons. The number of rotatable bonds is 11. The van der Waals surface area contributed by atoms with Crippen molar-refractivity contribution >= 4 is 0 Å².